The monoisotopic (exact) mass is 234 g/mol. The summed E-state index contributed by atoms with van der Waals surface area (Å²) in [6, 6.07) is -0.583. The second-order valence-corrected chi connectivity index (χ2v) is 3.52. The van der Waals surface area contributed by atoms with Crippen LogP contribution >= 0.6 is 12.6 Å². The lowest BCUT2D eigenvalue weighted by Crippen LogP contribution is -2.47. The molecule has 0 aliphatic rings. The summed E-state index contributed by atoms with van der Waals surface area (Å²) in [5.74, 6) is -0.219. The van der Waals surface area contributed by atoms with Gasteiger partial charge < -0.3 is 15.7 Å². The number of carbonyl (C=O) groups excluding carboxylic acids is 2. The van der Waals surface area contributed by atoms with Crippen molar-refractivity contribution in [2.24, 2.45) is 0 Å². The number of amides is 2. The number of hydrogen-bond donors (Lipinski definition) is 4. The van der Waals surface area contributed by atoms with Gasteiger partial charge in [0.1, 0.15) is 6.04 Å². The van der Waals surface area contributed by atoms with Gasteiger partial charge in [-0.1, -0.05) is 0 Å². The summed E-state index contributed by atoms with van der Waals surface area (Å²) in [5.41, 5.74) is 0. The van der Waals surface area contributed by atoms with Crippen molar-refractivity contribution in [2.75, 3.05) is 18.9 Å². The Kier molecular flexibility index (Phi) is 8.12. The molecule has 0 heterocycles. The summed E-state index contributed by atoms with van der Waals surface area (Å²) in [7, 11) is 0. The molecule has 0 aliphatic heterocycles. The molecule has 0 bridgehead atoms. The molecule has 0 rings (SSSR count). The first-order valence-electron chi connectivity index (χ1n) is 4.88. The van der Waals surface area contributed by atoms with E-state index in [2.05, 4.69) is 23.3 Å². The third-order valence-corrected chi connectivity index (χ3v) is 2.13. The topological polar surface area (TPSA) is 78.4 Å². The molecule has 0 aromatic rings. The fraction of sp³-hybridized carbons (Fsp3) is 0.778. The third kappa shape index (κ3) is 7.21. The maximum Gasteiger partial charge on any atom is 0.243 e. The molecule has 0 radical (unpaired) electrons. The van der Waals surface area contributed by atoms with Crippen LogP contribution in [-0.2, 0) is 9.59 Å². The molecule has 15 heavy (non-hydrogen) atoms. The molecule has 2 amide bonds. The lowest BCUT2D eigenvalue weighted by molar-refractivity contribution is -0.127. The summed E-state index contributed by atoms with van der Waals surface area (Å²) < 4.78 is 0. The van der Waals surface area contributed by atoms with Gasteiger partial charge in [0, 0.05) is 25.8 Å². The summed E-state index contributed by atoms with van der Waals surface area (Å²) >= 11 is 3.98. The van der Waals surface area contributed by atoms with Crippen LogP contribution in [0.5, 0.6) is 0 Å². The van der Waals surface area contributed by atoms with Gasteiger partial charge in [-0.2, -0.15) is 12.6 Å². The Morgan fingerprint density at radius 3 is 2.53 bits per heavy atom. The zero-order chi connectivity index (χ0) is 11.7. The highest BCUT2D eigenvalue weighted by molar-refractivity contribution is 7.80. The van der Waals surface area contributed by atoms with Crippen LogP contribution in [0, 0.1) is 0 Å². The molecular weight excluding hydrogens is 216 g/mol. The molecule has 3 N–H and O–H groups in total. The molecule has 0 aromatic carbocycles. The highest BCUT2D eigenvalue weighted by atomic mass is 32.1. The predicted octanol–water partition coefficient (Wildman–Crippen LogP) is -0.690. The highest BCUT2D eigenvalue weighted by Gasteiger charge is 2.16. The van der Waals surface area contributed by atoms with Crippen LogP contribution in [0.2, 0.25) is 0 Å². The standard InChI is InChI=1S/C9H18N2O3S/c1-7(13)11-8(6-15)9(14)10-4-2-3-5-12/h8,12,15H,2-6H2,1H3,(H,10,14)(H,11,13). The van der Waals surface area contributed by atoms with Crippen LogP contribution in [0.15, 0.2) is 0 Å². The fourth-order valence-electron chi connectivity index (χ4n) is 1.01. The van der Waals surface area contributed by atoms with E-state index in [0.29, 0.717) is 13.0 Å². The molecule has 0 spiro atoms. The summed E-state index contributed by atoms with van der Waals surface area (Å²) in [5, 5.41) is 13.7. The number of aliphatic hydroxyl groups is 1. The van der Waals surface area contributed by atoms with Crippen LogP contribution < -0.4 is 10.6 Å². The van der Waals surface area contributed by atoms with E-state index >= 15 is 0 Å². The molecule has 0 aromatic heterocycles. The van der Waals surface area contributed by atoms with Gasteiger partial charge >= 0.3 is 0 Å². The zero-order valence-corrected chi connectivity index (χ0v) is 9.72. The molecular formula is C9H18N2O3S. The largest absolute Gasteiger partial charge is 0.396 e. The summed E-state index contributed by atoms with van der Waals surface area (Å²) in [6.07, 6.45) is 1.38. The van der Waals surface area contributed by atoms with E-state index in [1.165, 1.54) is 6.92 Å². The van der Waals surface area contributed by atoms with E-state index in [-0.39, 0.29) is 24.2 Å². The maximum absolute atomic E-state index is 11.4. The van der Waals surface area contributed by atoms with Crippen molar-refractivity contribution in [1.29, 1.82) is 0 Å². The van der Waals surface area contributed by atoms with E-state index in [1.54, 1.807) is 0 Å². The first kappa shape index (κ1) is 14.2. The van der Waals surface area contributed by atoms with Crippen LogP contribution in [0.3, 0.4) is 0 Å². The second kappa shape index (κ2) is 8.55. The lowest BCUT2D eigenvalue weighted by Gasteiger charge is -2.14. The Morgan fingerprint density at radius 1 is 1.40 bits per heavy atom. The van der Waals surface area contributed by atoms with Crippen LogP contribution in [-0.4, -0.2) is 41.9 Å². The number of carbonyl (C=O) groups is 2. The first-order valence-corrected chi connectivity index (χ1v) is 5.51. The van der Waals surface area contributed by atoms with Crippen molar-refractivity contribution >= 4 is 24.4 Å². The van der Waals surface area contributed by atoms with Crippen molar-refractivity contribution in [3.63, 3.8) is 0 Å². The predicted molar refractivity (Wildman–Crippen MR) is 60.8 cm³/mol. The molecule has 1 atom stereocenters. The van der Waals surface area contributed by atoms with Gasteiger partial charge in [-0.3, -0.25) is 9.59 Å². The van der Waals surface area contributed by atoms with E-state index in [1.807, 2.05) is 0 Å². The van der Waals surface area contributed by atoms with Crippen molar-refractivity contribution in [3.05, 3.63) is 0 Å². The Morgan fingerprint density at radius 2 is 2.07 bits per heavy atom. The van der Waals surface area contributed by atoms with Gasteiger partial charge in [-0.25, -0.2) is 0 Å². The Bertz CT molecular complexity index is 212. The minimum absolute atomic E-state index is 0.123. The molecule has 0 saturated carbocycles. The quantitative estimate of drug-likeness (QED) is 0.348. The number of rotatable bonds is 7. The number of unbranched alkanes of at least 4 members (excludes halogenated alkanes) is 1. The van der Waals surface area contributed by atoms with Crippen LogP contribution in [0.25, 0.3) is 0 Å². The third-order valence-electron chi connectivity index (χ3n) is 1.76. The Hall–Kier alpha value is -0.750. The minimum Gasteiger partial charge on any atom is -0.396 e. The minimum atomic E-state index is -0.583. The van der Waals surface area contributed by atoms with Crippen LogP contribution in [0.4, 0.5) is 0 Å². The van der Waals surface area contributed by atoms with E-state index in [0.717, 1.165) is 6.42 Å². The molecule has 88 valence electrons. The van der Waals surface area contributed by atoms with Crippen molar-refractivity contribution in [2.45, 2.75) is 25.8 Å². The maximum atomic E-state index is 11.4. The van der Waals surface area contributed by atoms with Crippen molar-refractivity contribution < 1.29 is 14.7 Å². The van der Waals surface area contributed by atoms with Gasteiger partial charge in [-0.15, -0.1) is 0 Å². The number of nitrogens with one attached hydrogen (secondary N) is 2. The van der Waals surface area contributed by atoms with Gasteiger partial charge in [0.2, 0.25) is 11.8 Å². The molecule has 0 aliphatic carbocycles. The molecule has 0 fully saturated rings. The number of aliphatic hydroxyl groups excluding tert-OH is 1. The fourth-order valence-corrected chi connectivity index (χ4v) is 1.27. The van der Waals surface area contributed by atoms with Gasteiger partial charge in [0.25, 0.3) is 0 Å². The average molecular weight is 234 g/mol. The normalized spacial score (nSPS) is 11.9. The first-order chi connectivity index (χ1) is 7.11. The summed E-state index contributed by atoms with van der Waals surface area (Å²) in [6.45, 7) is 1.98. The van der Waals surface area contributed by atoms with E-state index in [4.69, 9.17) is 5.11 Å². The lowest BCUT2D eigenvalue weighted by atomic mass is 10.3. The molecule has 5 nitrogen and oxygen atoms in total. The molecule has 0 saturated heterocycles. The molecule has 6 heteroatoms. The molecule has 1 unspecified atom stereocenters. The van der Waals surface area contributed by atoms with E-state index in [9.17, 15) is 9.59 Å². The number of hydrogen-bond acceptors (Lipinski definition) is 4. The average Bonchev–Trinajstić information content (AvgIpc) is 2.20. The second-order valence-electron chi connectivity index (χ2n) is 3.16. The van der Waals surface area contributed by atoms with Gasteiger partial charge in [0.15, 0.2) is 0 Å². The van der Waals surface area contributed by atoms with E-state index < -0.39 is 6.04 Å². The SMILES string of the molecule is CC(=O)NC(CS)C(=O)NCCCCO. The smallest absolute Gasteiger partial charge is 0.243 e. The number of thiol groups is 1. The van der Waals surface area contributed by atoms with Gasteiger partial charge in [0.05, 0.1) is 0 Å². The van der Waals surface area contributed by atoms with Crippen LogP contribution in [0.1, 0.15) is 19.8 Å². The van der Waals surface area contributed by atoms with Crippen molar-refractivity contribution in [3.8, 4) is 0 Å². The Labute approximate surface area is 95.0 Å². The zero-order valence-electron chi connectivity index (χ0n) is 8.82. The van der Waals surface area contributed by atoms with Gasteiger partial charge in [-0.05, 0) is 12.8 Å². The Balaban J connectivity index is 3.78. The highest BCUT2D eigenvalue weighted by Crippen LogP contribution is 1.90. The summed E-state index contributed by atoms with van der Waals surface area (Å²) in [4.78, 5) is 22.2. The van der Waals surface area contributed by atoms with Crippen molar-refractivity contribution in [1.82, 2.24) is 10.6 Å².